The smallest absolute Gasteiger partial charge is 0.257 e. The number of rotatable bonds is 6. The molecular weight excluding hydrogens is 455 g/mol. The van der Waals surface area contributed by atoms with Gasteiger partial charge < -0.3 is 10.2 Å². The molecule has 1 aliphatic rings. The van der Waals surface area contributed by atoms with Crippen molar-refractivity contribution >= 4 is 17.5 Å². The van der Waals surface area contributed by atoms with Crippen LogP contribution in [0.1, 0.15) is 29.6 Å². The van der Waals surface area contributed by atoms with Gasteiger partial charge in [-0.05, 0) is 43.0 Å². The second-order valence-electron chi connectivity index (χ2n) is 9.01. The van der Waals surface area contributed by atoms with Crippen LogP contribution in [0, 0.1) is 11.7 Å². The van der Waals surface area contributed by atoms with Crippen molar-refractivity contribution in [3.8, 4) is 16.9 Å². The first-order valence-corrected chi connectivity index (χ1v) is 12.1. The predicted molar refractivity (Wildman–Crippen MR) is 137 cm³/mol. The number of carbonyl (C=O) groups is 2. The molecule has 0 bridgehead atoms. The second kappa shape index (κ2) is 10.6. The molecule has 1 N–H and O–H groups in total. The van der Waals surface area contributed by atoms with Crippen LogP contribution in [-0.2, 0) is 4.79 Å². The molecule has 0 saturated carbocycles. The molecule has 6 nitrogen and oxygen atoms in total. The SMILES string of the molecule is O=C(CC1CCN(C(=O)c2cn(-c3ccccc3)nc2-c2ccccc2)CC1)Nc1ccccc1F. The summed E-state index contributed by atoms with van der Waals surface area (Å²) in [5.74, 6) is -0.580. The molecule has 0 spiro atoms. The van der Waals surface area contributed by atoms with E-state index >= 15 is 0 Å². The molecule has 0 radical (unpaired) electrons. The third-order valence-corrected chi connectivity index (χ3v) is 6.54. The lowest BCUT2D eigenvalue weighted by atomic mass is 9.92. The lowest BCUT2D eigenvalue weighted by Crippen LogP contribution is -2.39. The van der Waals surface area contributed by atoms with Crippen molar-refractivity contribution in [2.45, 2.75) is 19.3 Å². The first kappa shape index (κ1) is 23.5. The lowest BCUT2D eigenvalue weighted by molar-refractivity contribution is -0.117. The second-order valence-corrected chi connectivity index (χ2v) is 9.01. The van der Waals surface area contributed by atoms with E-state index < -0.39 is 5.82 Å². The van der Waals surface area contributed by atoms with Gasteiger partial charge in [0.1, 0.15) is 11.5 Å². The van der Waals surface area contributed by atoms with E-state index in [-0.39, 0.29) is 23.4 Å². The monoisotopic (exact) mass is 482 g/mol. The highest BCUT2D eigenvalue weighted by atomic mass is 19.1. The van der Waals surface area contributed by atoms with Gasteiger partial charge in [-0.25, -0.2) is 9.07 Å². The Morgan fingerprint density at radius 1 is 0.889 bits per heavy atom. The zero-order valence-corrected chi connectivity index (χ0v) is 19.8. The third-order valence-electron chi connectivity index (χ3n) is 6.54. The predicted octanol–water partition coefficient (Wildman–Crippen LogP) is 5.56. The molecule has 7 heteroatoms. The average molecular weight is 483 g/mol. The summed E-state index contributed by atoms with van der Waals surface area (Å²) in [6.45, 7) is 1.11. The van der Waals surface area contributed by atoms with Crippen LogP contribution in [0.5, 0.6) is 0 Å². The fourth-order valence-electron chi connectivity index (χ4n) is 4.59. The number of nitrogens with zero attached hydrogens (tertiary/aromatic N) is 3. The first-order valence-electron chi connectivity index (χ1n) is 12.1. The Morgan fingerprint density at radius 3 is 2.22 bits per heavy atom. The summed E-state index contributed by atoms with van der Waals surface area (Å²) in [4.78, 5) is 27.9. The van der Waals surface area contributed by atoms with Crippen LogP contribution in [0.2, 0.25) is 0 Å². The highest BCUT2D eigenvalue weighted by Gasteiger charge is 2.28. The zero-order chi connectivity index (χ0) is 24.9. The Kier molecular flexibility index (Phi) is 6.89. The molecule has 36 heavy (non-hydrogen) atoms. The van der Waals surface area contributed by atoms with Crippen LogP contribution in [0.4, 0.5) is 10.1 Å². The van der Waals surface area contributed by atoms with Crippen LogP contribution in [0.3, 0.4) is 0 Å². The number of hydrogen-bond donors (Lipinski definition) is 1. The maximum absolute atomic E-state index is 13.8. The molecule has 0 aliphatic carbocycles. The average Bonchev–Trinajstić information content (AvgIpc) is 3.37. The quantitative estimate of drug-likeness (QED) is 0.391. The van der Waals surface area contributed by atoms with E-state index in [0.717, 1.165) is 11.3 Å². The topological polar surface area (TPSA) is 67.2 Å². The largest absolute Gasteiger partial charge is 0.339 e. The number of likely N-dealkylation sites (tertiary alicyclic amines) is 1. The van der Waals surface area contributed by atoms with Gasteiger partial charge in [-0.2, -0.15) is 5.10 Å². The molecule has 0 atom stereocenters. The van der Waals surface area contributed by atoms with Gasteiger partial charge in [0, 0.05) is 31.3 Å². The number of amides is 2. The molecule has 1 fully saturated rings. The van der Waals surface area contributed by atoms with Crippen molar-refractivity contribution < 1.29 is 14.0 Å². The zero-order valence-electron chi connectivity index (χ0n) is 19.8. The maximum Gasteiger partial charge on any atom is 0.257 e. The number of piperidine rings is 1. The number of benzene rings is 3. The van der Waals surface area contributed by atoms with E-state index in [2.05, 4.69) is 5.32 Å². The fourth-order valence-corrected chi connectivity index (χ4v) is 4.59. The summed E-state index contributed by atoms with van der Waals surface area (Å²) in [5.41, 5.74) is 3.17. The van der Waals surface area contributed by atoms with Gasteiger partial charge in [0.25, 0.3) is 5.91 Å². The summed E-state index contributed by atoms with van der Waals surface area (Å²) in [7, 11) is 0. The van der Waals surface area contributed by atoms with Crippen LogP contribution >= 0.6 is 0 Å². The summed E-state index contributed by atoms with van der Waals surface area (Å²) in [6.07, 6.45) is 3.53. The van der Waals surface area contributed by atoms with E-state index in [1.54, 1.807) is 29.1 Å². The minimum Gasteiger partial charge on any atom is -0.339 e. The van der Waals surface area contributed by atoms with Gasteiger partial charge in [-0.3, -0.25) is 9.59 Å². The standard InChI is InChI=1S/C29H27FN4O2/c30-25-13-7-8-14-26(25)31-27(35)19-21-15-17-33(18-16-21)29(36)24-20-34(23-11-5-2-6-12-23)32-28(24)22-9-3-1-4-10-22/h1-14,20-21H,15-19H2,(H,31,35). The number of nitrogens with one attached hydrogen (secondary N) is 1. The number of carbonyl (C=O) groups excluding carboxylic acids is 2. The third kappa shape index (κ3) is 5.20. The van der Waals surface area contributed by atoms with Gasteiger partial charge in [-0.15, -0.1) is 0 Å². The molecule has 182 valence electrons. The van der Waals surface area contributed by atoms with Crippen molar-refractivity contribution in [1.82, 2.24) is 14.7 Å². The Labute approximate surface area is 209 Å². The van der Waals surface area contributed by atoms with Gasteiger partial charge >= 0.3 is 0 Å². The van der Waals surface area contributed by atoms with Crippen LogP contribution < -0.4 is 5.32 Å². The molecule has 5 rings (SSSR count). The number of aromatic nitrogens is 2. The van der Waals surface area contributed by atoms with Crippen molar-refractivity contribution in [1.29, 1.82) is 0 Å². The van der Waals surface area contributed by atoms with E-state index in [1.807, 2.05) is 65.6 Å². The number of halogens is 1. The van der Waals surface area contributed by atoms with Crippen molar-refractivity contribution in [3.63, 3.8) is 0 Å². The van der Waals surface area contributed by atoms with E-state index in [0.29, 0.717) is 43.6 Å². The van der Waals surface area contributed by atoms with Gasteiger partial charge in [0.2, 0.25) is 5.91 Å². The van der Waals surface area contributed by atoms with Crippen molar-refractivity contribution in [2.75, 3.05) is 18.4 Å². The highest BCUT2D eigenvalue weighted by molar-refractivity contribution is 6.00. The molecule has 0 unspecified atom stereocenters. The van der Waals surface area contributed by atoms with Gasteiger partial charge in [0.05, 0.1) is 16.9 Å². The fraction of sp³-hybridized carbons (Fsp3) is 0.207. The van der Waals surface area contributed by atoms with Crippen LogP contribution in [0.25, 0.3) is 16.9 Å². The molecule has 1 saturated heterocycles. The minimum absolute atomic E-state index is 0.0645. The summed E-state index contributed by atoms with van der Waals surface area (Å²) < 4.78 is 15.6. The molecule has 2 heterocycles. The minimum atomic E-state index is -0.448. The highest BCUT2D eigenvalue weighted by Crippen LogP contribution is 2.28. The van der Waals surface area contributed by atoms with Crippen LogP contribution in [0.15, 0.2) is 91.1 Å². The normalized spacial score (nSPS) is 14.0. The Balaban J connectivity index is 1.27. The summed E-state index contributed by atoms with van der Waals surface area (Å²) in [6, 6.07) is 25.6. The molecule has 4 aromatic rings. The first-order chi connectivity index (χ1) is 17.6. The Hall–Kier alpha value is -4.26. The number of hydrogen-bond acceptors (Lipinski definition) is 3. The summed E-state index contributed by atoms with van der Waals surface area (Å²) in [5, 5.41) is 7.41. The van der Waals surface area contributed by atoms with Crippen molar-refractivity contribution in [3.05, 3.63) is 103 Å². The lowest BCUT2D eigenvalue weighted by Gasteiger charge is -2.31. The molecular formula is C29H27FN4O2. The molecule has 1 aromatic heterocycles. The van der Waals surface area contributed by atoms with Gasteiger partial charge in [-0.1, -0.05) is 60.7 Å². The van der Waals surface area contributed by atoms with Gasteiger partial charge in [0.15, 0.2) is 0 Å². The summed E-state index contributed by atoms with van der Waals surface area (Å²) >= 11 is 0. The Morgan fingerprint density at radius 2 is 1.53 bits per heavy atom. The maximum atomic E-state index is 13.8. The number of para-hydroxylation sites is 2. The van der Waals surface area contributed by atoms with E-state index in [4.69, 9.17) is 5.10 Å². The van der Waals surface area contributed by atoms with Crippen molar-refractivity contribution in [2.24, 2.45) is 5.92 Å². The van der Waals surface area contributed by atoms with E-state index in [1.165, 1.54) is 6.07 Å². The molecule has 1 aliphatic heterocycles. The Bertz CT molecular complexity index is 1350. The van der Waals surface area contributed by atoms with E-state index in [9.17, 15) is 14.0 Å². The number of anilines is 1. The molecule has 2 amide bonds. The van der Waals surface area contributed by atoms with Crippen LogP contribution in [-0.4, -0.2) is 39.6 Å². The molecule has 3 aromatic carbocycles.